The Balaban J connectivity index is 2.69. The van der Waals surface area contributed by atoms with Gasteiger partial charge in [0.15, 0.2) is 0 Å². The van der Waals surface area contributed by atoms with E-state index in [2.05, 4.69) is 41.8 Å². The second-order valence-electron chi connectivity index (χ2n) is 3.85. The molecular weight excluding hydrogens is 186 g/mol. The minimum Gasteiger partial charge on any atom is -0.331 e. The molecule has 1 aromatic heterocycles. The molecule has 0 aromatic carbocycles. The van der Waals surface area contributed by atoms with Gasteiger partial charge in [-0.05, 0) is 13.0 Å². The molecule has 1 heterocycles. The lowest BCUT2D eigenvalue weighted by molar-refractivity contribution is 0.422. The van der Waals surface area contributed by atoms with Gasteiger partial charge in [-0.2, -0.15) is 0 Å². The van der Waals surface area contributed by atoms with E-state index < -0.39 is 0 Å². The van der Waals surface area contributed by atoms with Crippen LogP contribution in [-0.4, -0.2) is 22.6 Å². The van der Waals surface area contributed by atoms with Gasteiger partial charge in [0.25, 0.3) is 0 Å². The summed E-state index contributed by atoms with van der Waals surface area (Å²) in [4.78, 5) is 4.38. The van der Waals surface area contributed by atoms with Crippen molar-refractivity contribution in [2.75, 3.05) is 13.1 Å². The Kier molecular flexibility index (Phi) is 5.40. The van der Waals surface area contributed by atoms with Crippen LogP contribution in [0.2, 0.25) is 0 Å². The first-order valence-corrected chi connectivity index (χ1v) is 6.05. The van der Waals surface area contributed by atoms with E-state index in [1.165, 1.54) is 18.7 Å². The topological polar surface area (TPSA) is 29.9 Å². The van der Waals surface area contributed by atoms with Gasteiger partial charge in [0, 0.05) is 31.4 Å². The van der Waals surface area contributed by atoms with Crippen LogP contribution in [0.3, 0.4) is 0 Å². The van der Waals surface area contributed by atoms with E-state index in [4.69, 9.17) is 0 Å². The molecule has 1 aromatic rings. The summed E-state index contributed by atoms with van der Waals surface area (Å²) < 4.78 is 2.33. The van der Waals surface area contributed by atoms with E-state index in [1.807, 2.05) is 6.20 Å². The molecule has 1 atom stereocenters. The van der Waals surface area contributed by atoms with E-state index in [1.54, 1.807) is 0 Å². The molecule has 0 saturated heterocycles. The molecule has 1 unspecified atom stereocenters. The highest BCUT2D eigenvalue weighted by Crippen LogP contribution is 2.15. The number of likely N-dealkylation sites (N-methyl/N-ethyl adjacent to an activating group) is 1. The summed E-state index contributed by atoms with van der Waals surface area (Å²) in [5, 5.41) is 3.42. The van der Waals surface area contributed by atoms with Crippen LogP contribution in [0.25, 0.3) is 0 Å². The first kappa shape index (κ1) is 12.2. The zero-order chi connectivity index (χ0) is 11.1. The molecule has 1 N–H and O–H groups in total. The molecule has 0 radical (unpaired) electrons. The van der Waals surface area contributed by atoms with Gasteiger partial charge >= 0.3 is 0 Å². The average Bonchev–Trinajstić information content (AvgIpc) is 2.72. The zero-order valence-corrected chi connectivity index (χ0v) is 10.2. The monoisotopic (exact) mass is 209 g/mol. The second-order valence-corrected chi connectivity index (χ2v) is 3.85. The van der Waals surface area contributed by atoms with Gasteiger partial charge in [0.2, 0.25) is 0 Å². The van der Waals surface area contributed by atoms with Gasteiger partial charge in [-0.25, -0.2) is 4.98 Å². The van der Waals surface area contributed by atoms with Crippen molar-refractivity contribution in [3.05, 3.63) is 18.2 Å². The lowest BCUT2D eigenvalue weighted by Crippen LogP contribution is -2.25. The van der Waals surface area contributed by atoms with E-state index in [-0.39, 0.29) is 0 Å². The smallest absolute Gasteiger partial charge is 0.108 e. The molecule has 3 heteroatoms. The Hall–Kier alpha value is -0.830. The molecule has 0 bridgehead atoms. The van der Waals surface area contributed by atoms with Gasteiger partial charge in [0.05, 0.1) is 0 Å². The summed E-state index contributed by atoms with van der Waals surface area (Å²) in [6.45, 7) is 8.64. The van der Waals surface area contributed by atoms with E-state index in [0.29, 0.717) is 6.04 Å². The quantitative estimate of drug-likeness (QED) is 0.747. The van der Waals surface area contributed by atoms with Crippen molar-refractivity contribution in [3.8, 4) is 0 Å². The van der Waals surface area contributed by atoms with Crippen molar-refractivity contribution in [1.82, 2.24) is 14.9 Å². The molecule has 0 fully saturated rings. The van der Waals surface area contributed by atoms with Crippen molar-refractivity contribution < 1.29 is 0 Å². The van der Waals surface area contributed by atoms with E-state index in [9.17, 15) is 0 Å². The first-order valence-electron chi connectivity index (χ1n) is 6.05. The summed E-state index contributed by atoms with van der Waals surface area (Å²) in [5.74, 6) is 1.20. The Bertz CT molecular complexity index is 268. The predicted octanol–water partition coefficient (Wildman–Crippen LogP) is 2.40. The predicted molar refractivity (Wildman–Crippen MR) is 64.1 cm³/mol. The van der Waals surface area contributed by atoms with Gasteiger partial charge < -0.3 is 9.88 Å². The average molecular weight is 209 g/mol. The fourth-order valence-corrected chi connectivity index (χ4v) is 1.93. The fourth-order valence-electron chi connectivity index (χ4n) is 1.93. The maximum absolute atomic E-state index is 4.38. The normalized spacial score (nSPS) is 13.0. The summed E-state index contributed by atoms with van der Waals surface area (Å²) in [7, 11) is 0. The van der Waals surface area contributed by atoms with Gasteiger partial charge in [-0.15, -0.1) is 0 Å². The van der Waals surface area contributed by atoms with Crippen molar-refractivity contribution in [1.29, 1.82) is 0 Å². The standard InChI is InChI=1S/C12H23N3/c1-4-7-11(10-13-6-3)15-9-8-14-12(15)5-2/h8-9,11,13H,4-7,10H2,1-3H3. The largest absolute Gasteiger partial charge is 0.331 e. The Morgan fingerprint density at radius 1 is 1.40 bits per heavy atom. The lowest BCUT2D eigenvalue weighted by Gasteiger charge is -2.20. The minimum atomic E-state index is 0.562. The molecular formula is C12H23N3. The van der Waals surface area contributed by atoms with E-state index >= 15 is 0 Å². The van der Waals surface area contributed by atoms with Crippen molar-refractivity contribution >= 4 is 0 Å². The highest BCUT2D eigenvalue weighted by molar-refractivity contribution is 4.95. The number of nitrogens with zero attached hydrogens (tertiary/aromatic N) is 2. The second kappa shape index (κ2) is 6.62. The Labute approximate surface area is 92.9 Å². The van der Waals surface area contributed by atoms with Gasteiger partial charge in [-0.3, -0.25) is 0 Å². The number of hydrogen-bond acceptors (Lipinski definition) is 2. The number of imidazole rings is 1. The van der Waals surface area contributed by atoms with Crippen LogP contribution in [0.4, 0.5) is 0 Å². The number of hydrogen-bond donors (Lipinski definition) is 1. The highest BCUT2D eigenvalue weighted by Gasteiger charge is 2.11. The lowest BCUT2D eigenvalue weighted by atomic mass is 10.1. The van der Waals surface area contributed by atoms with Crippen LogP contribution in [-0.2, 0) is 6.42 Å². The van der Waals surface area contributed by atoms with Crippen LogP contribution in [0.1, 0.15) is 45.5 Å². The summed E-state index contributed by atoms with van der Waals surface area (Å²) in [6, 6.07) is 0.562. The molecule has 0 aliphatic rings. The summed E-state index contributed by atoms with van der Waals surface area (Å²) in [5.41, 5.74) is 0. The number of rotatable bonds is 7. The van der Waals surface area contributed by atoms with Crippen molar-refractivity contribution in [3.63, 3.8) is 0 Å². The van der Waals surface area contributed by atoms with Crippen LogP contribution in [0.5, 0.6) is 0 Å². The number of aryl methyl sites for hydroxylation is 1. The minimum absolute atomic E-state index is 0.562. The third-order valence-corrected chi connectivity index (χ3v) is 2.71. The third-order valence-electron chi connectivity index (χ3n) is 2.71. The zero-order valence-electron chi connectivity index (χ0n) is 10.2. The van der Waals surface area contributed by atoms with Crippen LogP contribution < -0.4 is 5.32 Å². The van der Waals surface area contributed by atoms with Crippen LogP contribution in [0, 0.1) is 0 Å². The Morgan fingerprint density at radius 3 is 2.80 bits per heavy atom. The van der Waals surface area contributed by atoms with Crippen molar-refractivity contribution in [2.45, 2.75) is 46.1 Å². The van der Waals surface area contributed by atoms with Crippen LogP contribution >= 0.6 is 0 Å². The van der Waals surface area contributed by atoms with Crippen LogP contribution in [0.15, 0.2) is 12.4 Å². The van der Waals surface area contributed by atoms with Gasteiger partial charge in [0.1, 0.15) is 5.82 Å². The number of nitrogens with one attached hydrogen (secondary N) is 1. The fraction of sp³-hybridized carbons (Fsp3) is 0.750. The first-order chi connectivity index (χ1) is 7.33. The highest BCUT2D eigenvalue weighted by atomic mass is 15.1. The molecule has 86 valence electrons. The number of aromatic nitrogens is 2. The Morgan fingerprint density at radius 2 is 2.20 bits per heavy atom. The summed E-state index contributed by atoms with van der Waals surface area (Å²) in [6.07, 6.45) is 7.47. The molecule has 0 spiro atoms. The molecule has 3 nitrogen and oxygen atoms in total. The molecule has 0 aliphatic heterocycles. The molecule has 0 saturated carbocycles. The molecule has 1 rings (SSSR count). The van der Waals surface area contributed by atoms with E-state index in [0.717, 1.165) is 19.5 Å². The maximum Gasteiger partial charge on any atom is 0.108 e. The summed E-state index contributed by atoms with van der Waals surface area (Å²) >= 11 is 0. The molecule has 0 aliphatic carbocycles. The SMILES string of the molecule is CCCC(CNCC)n1ccnc1CC. The molecule has 0 amide bonds. The molecule has 15 heavy (non-hydrogen) atoms. The maximum atomic E-state index is 4.38. The van der Waals surface area contributed by atoms with Crippen molar-refractivity contribution in [2.24, 2.45) is 0 Å². The van der Waals surface area contributed by atoms with Gasteiger partial charge in [-0.1, -0.05) is 27.2 Å². The third kappa shape index (κ3) is 3.34.